The van der Waals surface area contributed by atoms with Crippen molar-refractivity contribution in [1.82, 2.24) is 9.97 Å². The van der Waals surface area contributed by atoms with Gasteiger partial charge in [0.1, 0.15) is 5.82 Å². The zero-order valence-electron chi connectivity index (χ0n) is 8.81. The normalized spacial score (nSPS) is 16.0. The molecular formula is C10H15N3OS. The number of aromatic nitrogens is 2. The zero-order chi connectivity index (χ0) is 10.7. The fourth-order valence-corrected chi connectivity index (χ4v) is 2.13. The van der Waals surface area contributed by atoms with E-state index in [0.29, 0.717) is 0 Å². The topological polar surface area (TPSA) is 49.3 Å². The minimum absolute atomic E-state index is 0.0144. The third-order valence-electron chi connectivity index (χ3n) is 2.58. The third kappa shape index (κ3) is 2.23. The van der Waals surface area contributed by atoms with Gasteiger partial charge in [-0.15, -0.1) is 0 Å². The van der Waals surface area contributed by atoms with Crippen LogP contribution in [0.1, 0.15) is 18.4 Å². The monoisotopic (exact) mass is 225 g/mol. The Morgan fingerprint density at radius 3 is 2.80 bits per heavy atom. The molecule has 0 saturated carbocycles. The fourth-order valence-electron chi connectivity index (χ4n) is 1.79. The van der Waals surface area contributed by atoms with Crippen molar-refractivity contribution < 1.29 is 5.11 Å². The lowest BCUT2D eigenvalue weighted by Gasteiger charge is -2.19. The Morgan fingerprint density at radius 1 is 1.47 bits per heavy atom. The molecular weight excluding hydrogens is 210 g/mol. The van der Waals surface area contributed by atoms with Crippen LogP contribution in [0.3, 0.4) is 0 Å². The summed E-state index contributed by atoms with van der Waals surface area (Å²) in [7, 11) is 0. The summed E-state index contributed by atoms with van der Waals surface area (Å²) < 4.78 is 0. The Morgan fingerprint density at radius 2 is 2.20 bits per heavy atom. The quantitative estimate of drug-likeness (QED) is 0.620. The molecule has 2 heterocycles. The van der Waals surface area contributed by atoms with Crippen LogP contribution in [0.15, 0.2) is 11.4 Å². The second-order valence-corrected chi connectivity index (χ2v) is 4.33. The Bertz CT molecular complexity index is 339. The molecule has 1 aliphatic rings. The molecule has 0 aliphatic carbocycles. The van der Waals surface area contributed by atoms with E-state index in [1.807, 2.05) is 6.26 Å². The largest absolute Gasteiger partial charge is 0.391 e. The van der Waals surface area contributed by atoms with Gasteiger partial charge in [0, 0.05) is 24.8 Å². The molecule has 0 atom stereocenters. The highest BCUT2D eigenvalue weighted by atomic mass is 32.2. The standard InChI is InChI=1S/C10H15N3OS/c1-15-10-11-6-8(7-14)9(12-10)13-4-2-3-5-13/h6,14H,2-5,7H2,1H3. The molecule has 2 rings (SSSR count). The summed E-state index contributed by atoms with van der Waals surface area (Å²) in [5.74, 6) is 0.911. The first-order chi connectivity index (χ1) is 7.35. The number of aliphatic hydroxyl groups is 1. The van der Waals surface area contributed by atoms with Crippen LogP contribution in [0.5, 0.6) is 0 Å². The van der Waals surface area contributed by atoms with Gasteiger partial charge >= 0.3 is 0 Å². The Kier molecular flexibility index (Phi) is 3.43. The lowest BCUT2D eigenvalue weighted by Crippen LogP contribution is -2.21. The number of anilines is 1. The summed E-state index contributed by atoms with van der Waals surface area (Å²) in [6, 6.07) is 0. The third-order valence-corrected chi connectivity index (χ3v) is 3.14. The second-order valence-electron chi connectivity index (χ2n) is 3.56. The van der Waals surface area contributed by atoms with Crippen LogP contribution in [0.4, 0.5) is 5.82 Å². The number of thioether (sulfide) groups is 1. The molecule has 82 valence electrons. The van der Waals surface area contributed by atoms with Gasteiger partial charge < -0.3 is 10.0 Å². The lowest BCUT2D eigenvalue weighted by molar-refractivity contribution is 0.281. The molecule has 1 N–H and O–H groups in total. The van der Waals surface area contributed by atoms with Crippen molar-refractivity contribution in [3.8, 4) is 0 Å². The molecule has 1 aromatic rings. The highest BCUT2D eigenvalue weighted by Crippen LogP contribution is 2.23. The Hall–Kier alpha value is -0.810. The SMILES string of the molecule is CSc1ncc(CO)c(N2CCCC2)n1. The van der Waals surface area contributed by atoms with E-state index in [1.165, 1.54) is 24.6 Å². The number of hydrogen-bond donors (Lipinski definition) is 1. The molecule has 1 aliphatic heterocycles. The fraction of sp³-hybridized carbons (Fsp3) is 0.600. The number of nitrogens with zero attached hydrogens (tertiary/aromatic N) is 3. The van der Waals surface area contributed by atoms with Crippen LogP contribution in [-0.2, 0) is 6.61 Å². The van der Waals surface area contributed by atoms with Gasteiger partial charge in [-0.3, -0.25) is 0 Å². The molecule has 1 aromatic heterocycles. The highest BCUT2D eigenvalue weighted by Gasteiger charge is 2.17. The highest BCUT2D eigenvalue weighted by molar-refractivity contribution is 7.98. The Labute approximate surface area is 93.7 Å². The van der Waals surface area contributed by atoms with Crippen LogP contribution in [0.2, 0.25) is 0 Å². The number of aliphatic hydroxyl groups excluding tert-OH is 1. The van der Waals surface area contributed by atoms with Crippen molar-refractivity contribution in [2.75, 3.05) is 24.2 Å². The first-order valence-electron chi connectivity index (χ1n) is 5.11. The van der Waals surface area contributed by atoms with E-state index < -0.39 is 0 Å². The van der Waals surface area contributed by atoms with Gasteiger partial charge in [-0.05, 0) is 19.1 Å². The van der Waals surface area contributed by atoms with Crippen molar-refractivity contribution >= 4 is 17.6 Å². The number of hydrogen-bond acceptors (Lipinski definition) is 5. The van der Waals surface area contributed by atoms with Crippen molar-refractivity contribution in [1.29, 1.82) is 0 Å². The van der Waals surface area contributed by atoms with Crippen molar-refractivity contribution in [2.24, 2.45) is 0 Å². The molecule has 15 heavy (non-hydrogen) atoms. The molecule has 0 unspecified atom stereocenters. The van der Waals surface area contributed by atoms with E-state index in [4.69, 9.17) is 0 Å². The second kappa shape index (κ2) is 4.81. The van der Waals surface area contributed by atoms with Crippen LogP contribution in [0.25, 0.3) is 0 Å². The van der Waals surface area contributed by atoms with Gasteiger partial charge in [-0.2, -0.15) is 0 Å². The maximum Gasteiger partial charge on any atom is 0.189 e. The summed E-state index contributed by atoms with van der Waals surface area (Å²) in [5.41, 5.74) is 0.828. The first-order valence-corrected chi connectivity index (χ1v) is 6.33. The summed E-state index contributed by atoms with van der Waals surface area (Å²) in [6.45, 7) is 2.09. The summed E-state index contributed by atoms with van der Waals surface area (Å²) in [5, 5.41) is 10.0. The van der Waals surface area contributed by atoms with Gasteiger partial charge in [0.2, 0.25) is 0 Å². The van der Waals surface area contributed by atoms with Gasteiger partial charge in [0.05, 0.1) is 6.61 Å². The maximum atomic E-state index is 9.23. The van der Waals surface area contributed by atoms with E-state index in [2.05, 4.69) is 14.9 Å². The predicted octanol–water partition coefficient (Wildman–Crippen LogP) is 1.29. The smallest absolute Gasteiger partial charge is 0.189 e. The molecule has 1 fully saturated rings. The summed E-state index contributed by atoms with van der Waals surface area (Å²) in [4.78, 5) is 10.9. The van der Waals surface area contributed by atoms with Gasteiger partial charge in [-0.25, -0.2) is 9.97 Å². The molecule has 0 aromatic carbocycles. The molecule has 0 radical (unpaired) electrons. The minimum atomic E-state index is 0.0144. The van der Waals surface area contributed by atoms with E-state index >= 15 is 0 Å². The molecule has 1 saturated heterocycles. The molecule has 0 spiro atoms. The van der Waals surface area contributed by atoms with Crippen LogP contribution < -0.4 is 4.90 Å². The van der Waals surface area contributed by atoms with E-state index in [-0.39, 0.29) is 6.61 Å². The molecule has 5 heteroatoms. The van der Waals surface area contributed by atoms with Gasteiger partial charge in [-0.1, -0.05) is 11.8 Å². The van der Waals surface area contributed by atoms with Crippen LogP contribution >= 0.6 is 11.8 Å². The molecule has 4 nitrogen and oxygen atoms in total. The summed E-state index contributed by atoms with van der Waals surface area (Å²) >= 11 is 1.53. The first kappa shape index (κ1) is 10.7. The maximum absolute atomic E-state index is 9.23. The van der Waals surface area contributed by atoms with Crippen molar-refractivity contribution in [3.63, 3.8) is 0 Å². The Balaban J connectivity index is 2.32. The van der Waals surface area contributed by atoms with E-state index in [0.717, 1.165) is 29.6 Å². The average Bonchev–Trinajstić information content (AvgIpc) is 2.81. The average molecular weight is 225 g/mol. The number of rotatable bonds is 3. The molecule has 0 amide bonds. The molecule has 0 bridgehead atoms. The van der Waals surface area contributed by atoms with Crippen molar-refractivity contribution in [2.45, 2.75) is 24.6 Å². The minimum Gasteiger partial charge on any atom is -0.391 e. The lowest BCUT2D eigenvalue weighted by atomic mass is 10.3. The van der Waals surface area contributed by atoms with Gasteiger partial charge in [0.15, 0.2) is 5.16 Å². The van der Waals surface area contributed by atoms with Crippen molar-refractivity contribution in [3.05, 3.63) is 11.8 Å². The van der Waals surface area contributed by atoms with Crippen LogP contribution in [0, 0.1) is 0 Å². The van der Waals surface area contributed by atoms with Crippen LogP contribution in [-0.4, -0.2) is 34.4 Å². The zero-order valence-corrected chi connectivity index (χ0v) is 9.63. The van der Waals surface area contributed by atoms with E-state index in [9.17, 15) is 5.11 Å². The summed E-state index contributed by atoms with van der Waals surface area (Å²) in [6.07, 6.45) is 6.11. The van der Waals surface area contributed by atoms with E-state index in [1.54, 1.807) is 6.20 Å². The van der Waals surface area contributed by atoms with Gasteiger partial charge in [0.25, 0.3) is 0 Å². The predicted molar refractivity (Wildman–Crippen MR) is 61.2 cm³/mol.